The first-order valence-corrected chi connectivity index (χ1v) is 9.11. The van der Waals surface area contributed by atoms with Crippen molar-refractivity contribution >= 4 is 23.6 Å². The van der Waals surface area contributed by atoms with Crippen LogP contribution in [0.25, 0.3) is 0 Å². The van der Waals surface area contributed by atoms with Crippen LogP contribution in [0, 0.1) is 5.92 Å². The highest BCUT2D eigenvalue weighted by Gasteiger charge is 2.53. The van der Waals surface area contributed by atoms with Gasteiger partial charge in [0.15, 0.2) is 5.78 Å². The Hall–Kier alpha value is -3.28. The van der Waals surface area contributed by atoms with Gasteiger partial charge < -0.3 is 4.74 Å². The van der Waals surface area contributed by atoms with Crippen LogP contribution >= 0.6 is 0 Å². The Bertz CT molecular complexity index is 878. The van der Waals surface area contributed by atoms with Crippen LogP contribution in [0.3, 0.4) is 0 Å². The molecule has 28 heavy (non-hydrogen) atoms. The van der Waals surface area contributed by atoms with Gasteiger partial charge in [0.2, 0.25) is 11.8 Å². The lowest BCUT2D eigenvalue weighted by Gasteiger charge is -2.44. The first-order valence-electron chi connectivity index (χ1n) is 9.11. The first-order chi connectivity index (χ1) is 13.5. The molecule has 0 spiro atoms. The third-order valence-corrected chi connectivity index (χ3v) is 4.78. The number of nitrogens with zero attached hydrogens (tertiary/aromatic N) is 1. The number of carbonyl (C=O) groups is 4. The van der Waals surface area contributed by atoms with E-state index in [9.17, 15) is 19.2 Å². The molecule has 0 aliphatic carbocycles. The number of esters is 1. The monoisotopic (exact) mass is 379 g/mol. The Kier molecular flexibility index (Phi) is 5.99. The lowest BCUT2D eigenvalue weighted by Crippen LogP contribution is -2.65. The summed E-state index contributed by atoms with van der Waals surface area (Å²) in [5, 5.41) is 0. The summed E-state index contributed by atoms with van der Waals surface area (Å²) in [5.74, 6) is -2.32. The Morgan fingerprint density at radius 1 is 0.964 bits per heavy atom. The number of ether oxygens (including phenoxy) is 1. The molecule has 3 rings (SSSR count). The van der Waals surface area contributed by atoms with Crippen molar-refractivity contribution in [3.05, 3.63) is 71.8 Å². The van der Waals surface area contributed by atoms with Crippen LogP contribution in [0.4, 0.5) is 0 Å². The number of carbonyl (C=O) groups excluding carboxylic acids is 4. The van der Waals surface area contributed by atoms with Crippen molar-refractivity contribution < 1.29 is 23.9 Å². The molecule has 1 aliphatic rings. The molecule has 0 aromatic heterocycles. The van der Waals surface area contributed by atoms with Gasteiger partial charge in [-0.1, -0.05) is 60.7 Å². The molecular weight excluding hydrogens is 358 g/mol. The van der Waals surface area contributed by atoms with Crippen LogP contribution in [0.2, 0.25) is 0 Å². The van der Waals surface area contributed by atoms with Gasteiger partial charge in [-0.3, -0.25) is 24.1 Å². The Labute approximate surface area is 163 Å². The molecule has 2 atom stereocenters. The number of ketones is 1. The Morgan fingerprint density at radius 3 is 2.18 bits per heavy atom. The predicted molar refractivity (Wildman–Crippen MR) is 101 cm³/mol. The van der Waals surface area contributed by atoms with Crippen LogP contribution in [0.15, 0.2) is 60.7 Å². The second-order valence-electron chi connectivity index (χ2n) is 6.69. The molecular formula is C22H21NO5. The fourth-order valence-corrected chi connectivity index (χ4v) is 3.34. The van der Waals surface area contributed by atoms with Crippen molar-refractivity contribution in [2.75, 3.05) is 0 Å². The molecule has 2 aromatic carbocycles. The molecule has 0 bridgehead atoms. The number of hydrogen-bond donors (Lipinski definition) is 0. The summed E-state index contributed by atoms with van der Waals surface area (Å²) in [4.78, 5) is 49.9. The molecule has 6 heteroatoms. The van der Waals surface area contributed by atoms with E-state index in [0.29, 0.717) is 5.56 Å². The smallest absolute Gasteiger partial charge is 0.306 e. The van der Waals surface area contributed by atoms with Gasteiger partial charge in [0, 0.05) is 18.9 Å². The maximum absolute atomic E-state index is 12.8. The standard InChI is InChI=1S/C22H21NO5/c1-15(24)23-20(21(26)17-10-6-3-7-11-17)18(22(23)27)12-13-19(25)28-14-16-8-4-2-5-9-16/h2-11,18,20H,12-14H2,1H3. The lowest BCUT2D eigenvalue weighted by atomic mass is 9.79. The molecule has 1 heterocycles. The number of rotatable bonds is 7. The number of benzene rings is 2. The minimum absolute atomic E-state index is 0.00749. The third kappa shape index (κ3) is 4.17. The summed E-state index contributed by atoms with van der Waals surface area (Å²) >= 11 is 0. The molecule has 2 aromatic rings. The predicted octanol–water partition coefficient (Wildman–Crippen LogP) is 2.77. The number of Topliss-reactive ketones (excluding diaryl/α,β-unsaturated/α-hetero) is 1. The quantitative estimate of drug-likeness (QED) is 0.420. The van der Waals surface area contributed by atoms with Crippen LogP contribution in [0.1, 0.15) is 35.7 Å². The van der Waals surface area contributed by atoms with Crippen molar-refractivity contribution in [2.45, 2.75) is 32.4 Å². The summed E-state index contributed by atoms with van der Waals surface area (Å²) in [5.41, 5.74) is 1.30. The van der Waals surface area contributed by atoms with Gasteiger partial charge in [-0.05, 0) is 12.0 Å². The summed E-state index contributed by atoms with van der Waals surface area (Å²) in [6.07, 6.45) is 0.174. The molecule has 144 valence electrons. The van der Waals surface area contributed by atoms with Crippen molar-refractivity contribution in [1.82, 2.24) is 4.90 Å². The van der Waals surface area contributed by atoms with E-state index in [4.69, 9.17) is 4.74 Å². The minimum Gasteiger partial charge on any atom is -0.461 e. The fourth-order valence-electron chi connectivity index (χ4n) is 3.34. The van der Waals surface area contributed by atoms with Crippen molar-refractivity contribution in [3.63, 3.8) is 0 Å². The SMILES string of the molecule is CC(=O)N1C(=O)C(CCC(=O)OCc2ccccc2)C1C(=O)c1ccccc1. The van der Waals surface area contributed by atoms with Gasteiger partial charge in [-0.25, -0.2) is 0 Å². The number of amides is 2. The highest BCUT2D eigenvalue weighted by Crippen LogP contribution is 2.33. The van der Waals surface area contributed by atoms with E-state index in [1.165, 1.54) is 6.92 Å². The fraction of sp³-hybridized carbons (Fsp3) is 0.273. The summed E-state index contributed by atoms with van der Waals surface area (Å²) < 4.78 is 5.22. The van der Waals surface area contributed by atoms with Crippen LogP contribution in [-0.2, 0) is 25.7 Å². The Balaban J connectivity index is 1.61. The lowest BCUT2D eigenvalue weighted by molar-refractivity contribution is -0.163. The van der Waals surface area contributed by atoms with E-state index in [-0.39, 0.29) is 25.2 Å². The zero-order valence-corrected chi connectivity index (χ0v) is 15.5. The molecule has 2 amide bonds. The number of β-lactam (4-membered cyclic amide) rings is 1. The van der Waals surface area contributed by atoms with Gasteiger partial charge in [0.1, 0.15) is 12.6 Å². The average Bonchev–Trinajstić information content (AvgIpc) is 2.71. The van der Waals surface area contributed by atoms with Gasteiger partial charge in [0.05, 0.1) is 5.92 Å². The molecule has 1 fully saturated rings. The largest absolute Gasteiger partial charge is 0.461 e. The zero-order valence-electron chi connectivity index (χ0n) is 15.5. The van der Waals surface area contributed by atoms with Crippen molar-refractivity contribution in [2.24, 2.45) is 5.92 Å². The molecule has 2 unspecified atom stereocenters. The maximum atomic E-state index is 12.8. The normalized spacial score (nSPS) is 18.3. The number of imide groups is 1. The van der Waals surface area contributed by atoms with E-state index in [0.717, 1.165) is 10.5 Å². The van der Waals surface area contributed by atoms with Crippen LogP contribution in [0.5, 0.6) is 0 Å². The summed E-state index contributed by atoms with van der Waals surface area (Å²) in [6, 6.07) is 16.9. The Morgan fingerprint density at radius 2 is 1.57 bits per heavy atom. The van der Waals surface area contributed by atoms with Crippen LogP contribution < -0.4 is 0 Å². The third-order valence-electron chi connectivity index (χ3n) is 4.78. The molecule has 0 N–H and O–H groups in total. The topological polar surface area (TPSA) is 80.8 Å². The van der Waals surface area contributed by atoms with E-state index < -0.39 is 29.7 Å². The van der Waals surface area contributed by atoms with Crippen molar-refractivity contribution in [3.8, 4) is 0 Å². The van der Waals surface area contributed by atoms with Gasteiger partial charge in [0.25, 0.3) is 0 Å². The van der Waals surface area contributed by atoms with Gasteiger partial charge in [-0.2, -0.15) is 0 Å². The number of likely N-dealkylation sites (tertiary alicyclic amines) is 1. The summed E-state index contributed by atoms with van der Waals surface area (Å²) in [7, 11) is 0. The maximum Gasteiger partial charge on any atom is 0.306 e. The van der Waals surface area contributed by atoms with Crippen LogP contribution in [-0.4, -0.2) is 34.5 Å². The van der Waals surface area contributed by atoms with E-state index in [1.807, 2.05) is 30.3 Å². The molecule has 1 saturated heterocycles. The summed E-state index contributed by atoms with van der Waals surface area (Å²) in [6.45, 7) is 1.41. The molecule has 1 aliphatic heterocycles. The highest BCUT2D eigenvalue weighted by atomic mass is 16.5. The van der Waals surface area contributed by atoms with E-state index >= 15 is 0 Å². The average molecular weight is 379 g/mol. The highest BCUT2D eigenvalue weighted by molar-refractivity contribution is 6.14. The second-order valence-corrected chi connectivity index (χ2v) is 6.69. The zero-order chi connectivity index (χ0) is 20.1. The van der Waals surface area contributed by atoms with E-state index in [2.05, 4.69) is 0 Å². The molecule has 0 radical (unpaired) electrons. The van der Waals surface area contributed by atoms with Crippen molar-refractivity contribution in [1.29, 1.82) is 0 Å². The van der Waals surface area contributed by atoms with Gasteiger partial charge >= 0.3 is 5.97 Å². The second kappa shape index (κ2) is 8.61. The number of hydrogen-bond acceptors (Lipinski definition) is 5. The van der Waals surface area contributed by atoms with Gasteiger partial charge in [-0.15, -0.1) is 0 Å². The van der Waals surface area contributed by atoms with E-state index in [1.54, 1.807) is 30.3 Å². The first kappa shape index (κ1) is 19.5. The molecule has 6 nitrogen and oxygen atoms in total. The molecule has 0 saturated carbocycles. The minimum atomic E-state index is -0.866.